The van der Waals surface area contributed by atoms with Crippen molar-refractivity contribution in [2.45, 2.75) is 26.5 Å². The van der Waals surface area contributed by atoms with Gasteiger partial charge in [0.25, 0.3) is 5.91 Å². The zero-order valence-electron chi connectivity index (χ0n) is 14.4. The zero-order chi connectivity index (χ0) is 18.0. The third-order valence-corrected chi connectivity index (χ3v) is 4.45. The van der Waals surface area contributed by atoms with E-state index >= 15 is 0 Å². The molecule has 132 valence electrons. The van der Waals surface area contributed by atoms with E-state index < -0.39 is 6.10 Å². The van der Waals surface area contributed by atoms with Crippen LogP contribution in [0.4, 0.5) is 0 Å². The Morgan fingerprint density at radius 3 is 2.76 bits per heavy atom. The monoisotopic (exact) mass is 361 g/mol. The molecule has 2 aromatic rings. The van der Waals surface area contributed by atoms with E-state index in [2.05, 4.69) is 0 Å². The van der Waals surface area contributed by atoms with Crippen molar-refractivity contribution < 1.29 is 19.0 Å². The van der Waals surface area contributed by atoms with E-state index in [9.17, 15) is 4.79 Å². The summed E-state index contributed by atoms with van der Waals surface area (Å²) >= 11 is 6.01. The van der Waals surface area contributed by atoms with E-state index in [0.29, 0.717) is 23.1 Å². The fraction of sp³-hybridized carbons (Fsp3) is 0.316. The number of benzene rings is 2. The summed E-state index contributed by atoms with van der Waals surface area (Å²) in [7, 11) is 1.75. The highest BCUT2D eigenvalue weighted by Gasteiger charge is 2.21. The lowest BCUT2D eigenvalue weighted by atomic mass is 10.2. The van der Waals surface area contributed by atoms with E-state index in [-0.39, 0.29) is 12.7 Å². The van der Waals surface area contributed by atoms with Crippen LogP contribution in [0.5, 0.6) is 17.2 Å². The molecule has 0 fully saturated rings. The molecule has 1 aliphatic rings. The molecule has 0 saturated carbocycles. The first kappa shape index (κ1) is 17.4. The Kier molecular flexibility index (Phi) is 5.04. The highest BCUT2D eigenvalue weighted by Crippen LogP contribution is 2.32. The van der Waals surface area contributed by atoms with Crippen LogP contribution in [-0.2, 0) is 11.3 Å². The number of ether oxygens (including phenoxy) is 3. The van der Waals surface area contributed by atoms with Gasteiger partial charge in [-0.3, -0.25) is 4.79 Å². The number of halogens is 1. The van der Waals surface area contributed by atoms with Gasteiger partial charge in [-0.1, -0.05) is 17.7 Å². The van der Waals surface area contributed by atoms with Crippen molar-refractivity contribution in [1.29, 1.82) is 0 Å². The van der Waals surface area contributed by atoms with Gasteiger partial charge in [-0.25, -0.2) is 0 Å². The van der Waals surface area contributed by atoms with Crippen LogP contribution in [0, 0.1) is 6.92 Å². The third kappa shape index (κ3) is 3.99. The standard InChI is InChI=1S/C19H20ClNO4/c1-12-8-15(5-6-16(12)20)25-13(2)19(22)21(3)10-14-4-7-17-18(9-14)24-11-23-17/h4-9,13H,10-11H2,1-3H3. The van der Waals surface area contributed by atoms with Gasteiger partial charge in [0.1, 0.15) is 5.75 Å². The highest BCUT2D eigenvalue weighted by atomic mass is 35.5. The van der Waals surface area contributed by atoms with Crippen molar-refractivity contribution in [1.82, 2.24) is 4.90 Å². The Morgan fingerprint density at radius 2 is 2.00 bits per heavy atom. The van der Waals surface area contributed by atoms with Crippen molar-refractivity contribution in [2.75, 3.05) is 13.8 Å². The summed E-state index contributed by atoms with van der Waals surface area (Å²) in [6.07, 6.45) is -0.598. The molecule has 1 amide bonds. The second-order valence-corrected chi connectivity index (χ2v) is 6.46. The fourth-order valence-corrected chi connectivity index (χ4v) is 2.76. The normalized spacial score (nSPS) is 13.4. The summed E-state index contributed by atoms with van der Waals surface area (Å²) in [5.41, 5.74) is 1.88. The van der Waals surface area contributed by atoms with Crippen molar-refractivity contribution in [3.63, 3.8) is 0 Å². The molecular weight excluding hydrogens is 342 g/mol. The number of carbonyl (C=O) groups excluding carboxylic acids is 1. The number of amides is 1. The van der Waals surface area contributed by atoms with Crippen LogP contribution in [0.3, 0.4) is 0 Å². The number of hydrogen-bond acceptors (Lipinski definition) is 4. The Bertz CT molecular complexity index is 793. The Balaban J connectivity index is 1.62. The van der Waals surface area contributed by atoms with Crippen LogP contribution in [-0.4, -0.2) is 30.8 Å². The van der Waals surface area contributed by atoms with Gasteiger partial charge in [-0.05, 0) is 55.3 Å². The third-order valence-electron chi connectivity index (χ3n) is 4.02. The number of hydrogen-bond donors (Lipinski definition) is 0. The second-order valence-electron chi connectivity index (χ2n) is 6.05. The van der Waals surface area contributed by atoms with Gasteiger partial charge in [0.15, 0.2) is 17.6 Å². The molecule has 3 rings (SSSR count). The molecular formula is C19H20ClNO4. The van der Waals surface area contributed by atoms with Crippen molar-refractivity contribution >= 4 is 17.5 Å². The van der Waals surface area contributed by atoms with Crippen LogP contribution >= 0.6 is 11.6 Å². The minimum absolute atomic E-state index is 0.106. The molecule has 0 aliphatic carbocycles. The van der Waals surface area contributed by atoms with Gasteiger partial charge in [0.05, 0.1) is 0 Å². The molecule has 0 aromatic heterocycles. The molecule has 0 saturated heterocycles. The lowest BCUT2D eigenvalue weighted by Gasteiger charge is -2.22. The molecule has 5 nitrogen and oxygen atoms in total. The van der Waals surface area contributed by atoms with Gasteiger partial charge in [-0.15, -0.1) is 0 Å². The quantitative estimate of drug-likeness (QED) is 0.812. The Labute approximate surface area is 152 Å². The topological polar surface area (TPSA) is 48.0 Å². The first-order valence-corrected chi connectivity index (χ1v) is 8.38. The van der Waals surface area contributed by atoms with Crippen LogP contribution in [0.1, 0.15) is 18.1 Å². The maximum atomic E-state index is 12.6. The molecule has 1 atom stereocenters. The maximum absolute atomic E-state index is 12.6. The number of fused-ring (bicyclic) bond motifs is 1. The van der Waals surface area contributed by atoms with Gasteiger partial charge < -0.3 is 19.1 Å². The molecule has 0 radical (unpaired) electrons. The molecule has 2 aromatic carbocycles. The van der Waals surface area contributed by atoms with Crippen LogP contribution in [0.2, 0.25) is 5.02 Å². The van der Waals surface area contributed by atoms with Crippen molar-refractivity contribution in [3.05, 3.63) is 52.5 Å². The summed E-state index contributed by atoms with van der Waals surface area (Å²) in [6.45, 7) is 4.33. The van der Waals surface area contributed by atoms with Gasteiger partial charge in [-0.2, -0.15) is 0 Å². The van der Waals surface area contributed by atoms with Gasteiger partial charge >= 0.3 is 0 Å². The molecule has 25 heavy (non-hydrogen) atoms. The SMILES string of the molecule is Cc1cc(OC(C)C(=O)N(C)Cc2ccc3c(c2)OCO3)ccc1Cl. The maximum Gasteiger partial charge on any atom is 0.263 e. The average Bonchev–Trinajstić information content (AvgIpc) is 3.05. The van der Waals surface area contributed by atoms with Crippen LogP contribution < -0.4 is 14.2 Å². The van der Waals surface area contributed by atoms with Gasteiger partial charge in [0.2, 0.25) is 6.79 Å². The Hall–Kier alpha value is -2.40. The largest absolute Gasteiger partial charge is 0.481 e. The predicted molar refractivity (Wildman–Crippen MR) is 95.3 cm³/mol. The minimum Gasteiger partial charge on any atom is -0.481 e. The highest BCUT2D eigenvalue weighted by molar-refractivity contribution is 6.31. The summed E-state index contributed by atoms with van der Waals surface area (Å²) < 4.78 is 16.4. The smallest absolute Gasteiger partial charge is 0.263 e. The first-order chi connectivity index (χ1) is 11.9. The van der Waals surface area contributed by atoms with Crippen molar-refractivity contribution in [3.8, 4) is 17.2 Å². The minimum atomic E-state index is -0.598. The molecule has 1 heterocycles. The van der Waals surface area contributed by atoms with Crippen LogP contribution in [0.15, 0.2) is 36.4 Å². The number of rotatable bonds is 5. The van der Waals surface area contributed by atoms with E-state index in [1.54, 1.807) is 31.0 Å². The number of likely N-dealkylation sites (N-methyl/N-ethyl adjacent to an activating group) is 1. The molecule has 1 aliphatic heterocycles. The molecule has 0 bridgehead atoms. The predicted octanol–water partition coefficient (Wildman–Crippen LogP) is 3.80. The second kappa shape index (κ2) is 7.23. The van der Waals surface area contributed by atoms with E-state index in [1.807, 2.05) is 31.2 Å². The van der Waals surface area contributed by atoms with Crippen LogP contribution in [0.25, 0.3) is 0 Å². The first-order valence-electron chi connectivity index (χ1n) is 8.00. The summed E-state index contributed by atoms with van der Waals surface area (Å²) in [4.78, 5) is 14.2. The summed E-state index contributed by atoms with van der Waals surface area (Å²) in [5.74, 6) is 1.95. The molecule has 0 N–H and O–H groups in total. The molecule has 1 unspecified atom stereocenters. The lowest BCUT2D eigenvalue weighted by molar-refractivity contribution is -0.137. The van der Waals surface area contributed by atoms with E-state index in [0.717, 1.165) is 16.9 Å². The number of nitrogens with zero attached hydrogens (tertiary/aromatic N) is 1. The fourth-order valence-electron chi connectivity index (χ4n) is 2.65. The molecule has 0 spiro atoms. The van der Waals surface area contributed by atoms with E-state index in [4.69, 9.17) is 25.8 Å². The summed E-state index contributed by atoms with van der Waals surface area (Å²) in [6, 6.07) is 11.0. The van der Waals surface area contributed by atoms with E-state index in [1.165, 1.54) is 0 Å². The average molecular weight is 362 g/mol. The zero-order valence-corrected chi connectivity index (χ0v) is 15.2. The van der Waals surface area contributed by atoms with Gasteiger partial charge in [0, 0.05) is 18.6 Å². The lowest BCUT2D eigenvalue weighted by Crippen LogP contribution is -2.37. The Morgan fingerprint density at radius 1 is 1.24 bits per heavy atom. The number of carbonyl (C=O) groups is 1. The van der Waals surface area contributed by atoms with Crippen molar-refractivity contribution in [2.24, 2.45) is 0 Å². The number of aryl methyl sites for hydroxylation is 1. The summed E-state index contributed by atoms with van der Waals surface area (Å²) in [5, 5.41) is 0.672. The molecule has 6 heteroatoms.